The summed E-state index contributed by atoms with van der Waals surface area (Å²) in [6.07, 6.45) is 1.52. The first-order valence-electron chi connectivity index (χ1n) is 8.70. The van der Waals surface area contributed by atoms with Crippen molar-refractivity contribution in [3.8, 4) is 0 Å². The molecule has 0 bridgehead atoms. The average Bonchev–Trinajstić information content (AvgIpc) is 2.63. The van der Waals surface area contributed by atoms with Crippen molar-refractivity contribution < 1.29 is 9.18 Å². The second kappa shape index (κ2) is 7.95. The molecule has 0 saturated carbocycles. The van der Waals surface area contributed by atoms with Gasteiger partial charge in [-0.3, -0.25) is 4.79 Å². The fourth-order valence-corrected chi connectivity index (χ4v) is 2.76. The molecule has 138 valence electrons. The van der Waals surface area contributed by atoms with Crippen LogP contribution in [0.3, 0.4) is 0 Å². The smallest absolute Gasteiger partial charge is 0.274 e. The molecule has 1 aromatic heterocycles. The highest BCUT2D eigenvalue weighted by atomic mass is 19.1. The van der Waals surface area contributed by atoms with E-state index in [9.17, 15) is 9.18 Å². The number of anilines is 3. The van der Waals surface area contributed by atoms with Crippen molar-refractivity contribution in [2.75, 3.05) is 10.6 Å². The van der Waals surface area contributed by atoms with Crippen LogP contribution in [-0.2, 0) is 0 Å². The molecule has 2 aromatic carbocycles. The van der Waals surface area contributed by atoms with Crippen molar-refractivity contribution in [3.05, 3.63) is 77.4 Å². The number of carbonyl (C=O) groups excluding carboxylic acids is 1. The van der Waals surface area contributed by atoms with E-state index in [0.717, 1.165) is 16.8 Å². The first kappa shape index (κ1) is 18.5. The number of benzene rings is 2. The number of carbonyl (C=O) groups is 1. The van der Waals surface area contributed by atoms with Crippen LogP contribution in [0.5, 0.6) is 0 Å². The van der Waals surface area contributed by atoms with Gasteiger partial charge in [0.25, 0.3) is 5.91 Å². The number of rotatable bonds is 5. The summed E-state index contributed by atoms with van der Waals surface area (Å²) in [4.78, 5) is 20.9. The molecule has 0 spiro atoms. The number of hydrogen-bond acceptors (Lipinski definition) is 4. The molecule has 0 aliphatic rings. The normalized spacial score (nSPS) is 10.7. The summed E-state index contributed by atoms with van der Waals surface area (Å²) in [7, 11) is 0. The van der Waals surface area contributed by atoms with Crippen LogP contribution in [-0.4, -0.2) is 15.9 Å². The molecule has 1 amide bonds. The monoisotopic (exact) mass is 364 g/mol. The summed E-state index contributed by atoms with van der Waals surface area (Å²) in [5, 5.41) is 5.86. The van der Waals surface area contributed by atoms with E-state index in [0.29, 0.717) is 17.6 Å². The lowest BCUT2D eigenvalue weighted by atomic mass is 9.98. The second-order valence-electron chi connectivity index (χ2n) is 6.55. The van der Waals surface area contributed by atoms with Crippen LogP contribution in [0.1, 0.15) is 41.4 Å². The van der Waals surface area contributed by atoms with E-state index >= 15 is 0 Å². The van der Waals surface area contributed by atoms with E-state index in [-0.39, 0.29) is 5.69 Å². The number of aryl methyl sites for hydroxylation is 1. The molecule has 0 saturated heterocycles. The van der Waals surface area contributed by atoms with Crippen molar-refractivity contribution in [3.63, 3.8) is 0 Å². The van der Waals surface area contributed by atoms with Gasteiger partial charge in [-0.25, -0.2) is 14.4 Å². The predicted octanol–water partition coefficient (Wildman–Crippen LogP) is 5.04. The minimum Gasteiger partial charge on any atom is -0.324 e. The summed E-state index contributed by atoms with van der Waals surface area (Å²) in [6, 6.07) is 13.3. The van der Waals surface area contributed by atoms with Gasteiger partial charge in [0.2, 0.25) is 5.95 Å². The Kier molecular flexibility index (Phi) is 5.45. The van der Waals surface area contributed by atoms with Gasteiger partial charge in [0, 0.05) is 17.6 Å². The maximum atomic E-state index is 13.3. The molecule has 0 aliphatic heterocycles. The van der Waals surface area contributed by atoms with E-state index in [1.54, 1.807) is 6.07 Å². The van der Waals surface area contributed by atoms with Crippen molar-refractivity contribution >= 4 is 23.2 Å². The maximum Gasteiger partial charge on any atom is 0.274 e. The van der Waals surface area contributed by atoms with E-state index in [1.165, 1.54) is 30.5 Å². The Hall–Kier alpha value is -3.28. The number of para-hydroxylation sites is 1. The molecule has 3 rings (SSSR count). The molecule has 5 nitrogen and oxygen atoms in total. The van der Waals surface area contributed by atoms with Gasteiger partial charge in [0.15, 0.2) is 0 Å². The molecule has 0 aliphatic carbocycles. The van der Waals surface area contributed by atoms with Crippen molar-refractivity contribution in [2.24, 2.45) is 0 Å². The molecular formula is C21H21FN4O. The van der Waals surface area contributed by atoms with E-state index in [1.807, 2.05) is 19.1 Å². The minimum atomic E-state index is -0.431. The second-order valence-corrected chi connectivity index (χ2v) is 6.55. The quantitative estimate of drug-likeness (QED) is 0.665. The first-order valence-corrected chi connectivity index (χ1v) is 8.70. The lowest BCUT2D eigenvalue weighted by molar-refractivity contribution is 0.102. The van der Waals surface area contributed by atoms with Crippen molar-refractivity contribution in [1.82, 2.24) is 9.97 Å². The van der Waals surface area contributed by atoms with Gasteiger partial charge in [-0.2, -0.15) is 0 Å². The van der Waals surface area contributed by atoms with Crippen molar-refractivity contribution in [1.29, 1.82) is 0 Å². The van der Waals surface area contributed by atoms with Gasteiger partial charge in [-0.05, 0) is 48.2 Å². The summed E-state index contributed by atoms with van der Waals surface area (Å²) < 4.78 is 13.3. The van der Waals surface area contributed by atoms with Gasteiger partial charge >= 0.3 is 0 Å². The number of nitrogens with zero attached hydrogens (tertiary/aromatic N) is 2. The molecule has 0 radical (unpaired) electrons. The largest absolute Gasteiger partial charge is 0.324 e. The van der Waals surface area contributed by atoms with Gasteiger partial charge in [-0.15, -0.1) is 0 Å². The number of nitrogens with one attached hydrogen (secondary N) is 2. The number of aromatic nitrogens is 2. The molecule has 0 atom stereocenters. The fourth-order valence-electron chi connectivity index (χ4n) is 2.76. The number of halogens is 1. The van der Waals surface area contributed by atoms with Gasteiger partial charge in [0.05, 0.1) is 0 Å². The number of amides is 1. The average molecular weight is 364 g/mol. The Morgan fingerprint density at radius 2 is 1.89 bits per heavy atom. The summed E-state index contributed by atoms with van der Waals surface area (Å²) >= 11 is 0. The van der Waals surface area contributed by atoms with Gasteiger partial charge < -0.3 is 10.6 Å². The minimum absolute atomic E-state index is 0.191. The first-order chi connectivity index (χ1) is 12.9. The topological polar surface area (TPSA) is 66.9 Å². The van der Waals surface area contributed by atoms with Crippen LogP contribution >= 0.6 is 0 Å². The Balaban J connectivity index is 1.83. The zero-order valence-corrected chi connectivity index (χ0v) is 15.5. The van der Waals surface area contributed by atoms with Crippen LogP contribution in [0.15, 0.2) is 54.7 Å². The highest BCUT2D eigenvalue weighted by molar-refractivity contribution is 6.03. The van der Waals surface area contributed by atoms with E-state index in [2.05, 4.69) is 40.5 Å². The van der Waals surface area contributed by atoms with Crippen molar-refractivity contribution in [2.45, 2.75) is 26.7 Å². The summed E-state index contributed by atoms with van der Waals surface area (Å²) in [6.45, 7) is 6.24. The van der Waals surface area contributed by atoms with E-state index in [4.69, 9.17) is 0 Å². The van der Waals surface area contributed by atoms with Crippen LogP contribution < -0.4 is 10.6 Å². The van der Waals surface area contributed by atoms with Crippen LogP contribution in [0.25, 0.3) is 0 Å². The molecule has 1 heterocycles. The molecular weight excluding hydrogens is 343 g/mol. The van der Waals surface area contributed by atoms with E-state index < -0.39 is 11.7 Å². The SMILES string of the molecule is Cc1cccc(C(C)C)c1Nc1nccc(C(=O)Nc2cccc(F)c2)n1. The third kappa shape index (κ3) is 4.47. The third-order valence-corrected chi connectivity index (χ3v) is 4.13. The lowest BCUT2D eigenvalue weighted by Gasteiger charge is -2.16. The molecule has 27 heavy (non-hydrogen) atoms. The Morgan fingerprint density at radius 1 is 1.11 bits per heavy atom. The van der Waals surface area contributed by atoms with Crippen LogP contribution in [0.4, 0.5) is 21.7 Å². The van der Waals surface area contributed by atoms with Gasteiger partial charge in [0.1, 0.15) is 11.5 Å². The standard InChI is InChI=1S/C21H21FN4O/c1-13(2)17-9-4-6-14(3)19(17)26-21-23-11-10-18(25-21)20(27)24-16-8-5-7-15(22)12-16/h4-13H,1-3H3,(H,24,27)(H,23,25,26). The van der Waals surface area contributed by atoms with Crippen LogP contribution in [0.2, 0.25) is 0 Å². The number of hydrogen-bond donors (Lipinski definition) is 2. The highest BCUT2D eigenvalue weighted by Gasteiger charge is 2.13. The third-order valence-electron chi connectivity index (χ3n) is 4.13. The van der Waals surface area contributed by atoms with Gasteiger partial charge in [-0.1, -0.05) is 38.1 Å². The predicted molar refractivity (Wildman–Crippen MR) is 105 cm³/mol. The molecule has 3 aromatic rings. The molecule has 0 unspecified atom stereocenters. The Morgan fingerprint density at radius 3 is 2.63 bits per heavy atom. The lowest BCUT2D eigenvalue weighted by Crippen LogP contribution is -2.15. The molecule has 6 heteroatoms. The van der Waals surface area contributed by atoms with Crippen LogP contribution in [0, 0.1) is 12.7 Å². The Labute approximate surface area is 157 Å². The molecule has 0 fully saturated rings. The zero-order chi connectivity index (χ0) is 19.4. The molecule has 2 N–H and O–H groups in total. The summed E-state index contributed by atoms with van der Waals surface area (Å²) in [5.41, 5.74) is 3.72. The highest BCUT2D eigenvalue weighted by Crippen LogP contribution is 2.29. The Bertz CT molecular complexity index is 972. The fraction of sp³-hybridized carbons (Fsp3) is 0.190. The maximum absolute atomic E-state index is 13.3. The zero-order valence-electron chi connectivity index (χ0n) is 15.5. The summed E-state index contributed by atoms with van der Waals surface area (Å²) in [5.74, 6) is -0.191.